The highest BCUT2D eigenvalue weighted by molar-refractivity contribution is 7.89. The fraction of sp³-hybridized carbons (Fsp3) is 0.435. The summed E-state index contributed by atoms with van der Waals surface area (Å²) < 4.78 is 33.2. The molecule has 1 aliphatic rings. The minimum Gasteiger partial charge on any atom is -0.376 e. The lowest BCUT2D eigenvalue weighted by Crippen LogP contribution is -2.31. The van der Waals surface area contributed by atoms with Crippen molar-refractivity contribution < 1.29 is 17.9 Å². The Morgan fingerprint density at radius 1 is 1.07 bits per heavy atom. The van der Waals surface area contributed by atoms with E-state index in [9.17, 15) is 13.2 Å². The van der Waals surface area contributed by atoms with Gasteiger partial charge in [0.05, 0.1) is 11.0 Å². The van der Waals surface area contributed by atoms with Gasteiger partial charge in [-0.3, -0.25) is 4.79 Å². The minimum absolute atomic E-state index is 0.0338. The van der Waals surface area contributed by atoms with Gasteiger partial charge in [-0.25, -0.2) is 13.1 Å². The molecule has 0 radical (unpaired) electrons. The van der Waals surface area contributed by atoms with E-state index in [0.29, 0.717) is 12.1 Å². The van der Waals surface area contributed by atoms with Crippen LogP contribution in [0.5, 0.6) is 0 Å². The van der Waals surface area contributed by atoms with Crippen molar-refractivity contribution >= 4 is 15.9 Å². The quantitative estimate of drug-likeness (QED) is 0.705. The maximum atomic E-state index is 12.6. The Balaban J connectivity index is 1.55. The molecule has 1 amide bonds. The number of nitrogens with one attached hydrogen (secondary N) is 2. The van der Waals surface area contributed by atoms with E-state index < -0.39 is 10.0 Å². The minimum atomic E-state index is -3.61. The maximum Gasteiger partial charge on any atom is 0.251 e. The summed E-state index contributed by atoms with van der Waals surface area (Å²) in [5.41, 5.74) is 2.36. The summed E-state index contributed by atoms with van der Waals surface area (Å²) in [4.78, 5) is 12.5. The van der Waals surface area contributed by atoms with E-state index in [-0.39, 0.29) is 28.9 Å². The molecule has 0 bridgehead atoms. The Labute approximate surface area is 179 Å². The first-order valence-electron chi connectivity index (χ1n) is 10.2. The van der Waals surface area contributed by atoms with Crippen LogP contribution in [-0.2, 0) is 26.7 Å². The molecule has 0 aromatic heterocycles. The zero-order chi connectivity index (χ0) is 21.8. The zero-order valence-electron chi connectivity index (χ0n) is 17.8. The van der Waals surface area contributed by atoms with E-state index in [0.717, 1.165) is 30.6 Å². The highest BCUT2D eigenvalue weighted by Gasteiger charge is 2.18. The third-order valence-electron chi connectivity index (χ3n) is 5.23. The van der Waals surface area contributed by atoms with Gasteiger partial charge in [-0.2, -0.15) is 0 Å². The van der Waals surface area contributed by atoms with E-state index in [1.165, 1.54) is 0 Å². The molecular weight excluding hydrogens is 400 g/mol. The second-order valence-electron chi connectivity index (χ2n) is 8.64. The number of amides is 1. The Morgan fingerprint density at radius 2 is 1.73 bits per heavy atom. The molecule has 2 aromatic rings. The van der Waals surface area contributed by atoms with Crippen LogP contribution in [0.1, 0.15) is 55.1 Å². The first kappa shape index (κ1) is 22.5. The highest BCUT2D eigenvalue weighted by Crippen LogP contribution is 2.23. The van der Waals surface area contributed by atoms with E-state index in [2.05, 4.69) is 30.8 Å². The number of carbonyl (C=O) groups is 1. The fourth-order valence-corrected chi connectivity index (χ4v) is 4.30. The fourth-order valence-electron chi connectivity index (χ4n) is 3.28. The molecule has 1 fully saturated rings. The second kappa shape index (κ2) is 9.29. The summed E-state index contributed by atoms with van der Waals surface area (Å²) >= 11 is 0. The third-order valence-corrected chi connectivity index (χ3v) is 6.64. The van der Waals surface area contributed by atoms with Gasteiger partial charge >= 0.3 is 0 Å². The number of sulfonamides is 1. The second-order valence-corrected chi connectivity index (χ2v) is 10.4. The Bertz CT molecular complexity index is 956. The van der Waals surface area contributed by atoms with Crippen LogP contribution in [0.4, 0.5) is 0 Å². The standard InChI is InChI=1S/C23H30N2O4S/c1-23(2,3)19-10-12-21(13-11-19)30(27,28)25-15-17-6-8-18(9-7-17)22(26)24-16-20-5-4-14-29-20/h6-13,20,25H,4-5,14-16H2,1-3H3,(H,24,26)/t20-/m0/s1. The largest absolute Gasteiger partial charge is 0.376 e. The first-order chi connectivity index (χ1) is 14.1. The van der Waals surface area contributed by atoms with E-state index >= 15 is 0 Å². The lowest BCUT2D eigenvalue weighted by Gasteiger charge is -2.19. The van der Waals surface area contributed by atoms with Crippen molar-refractivity contribution in [3.05, 3.63) is 65.2 Å². The van der Waals surface area contributed by atoms with Gasteiger partial charge < -0.3 is 10.1 Å². The van der Waals surface area contributed by atoms with Gasteiger partial charge in [-0.05, 0) is 53.6 Å². The van der Waals surface area contributed by atoms with Gasteiger partial charge in [0.15, 0.2) is 0 Å². The normalized spacial score (nSPS) is 17.1. The molecule has 0 spiro atoms. The molecule has 1 atom stereocenters. The van der Waals surface area contributed by atoms with Crippen LogP contribution in [-0.4, -0.2) is 33.6 Å². The topological polar surface area (TPSA) is 84.5 Å². The van der Waals surface area contributed by atoms with Crippen LogP contribution in [0.3, 0.4) is 0 Å². The van der Waals surface area contributed by atoms with Gasteiger partial charge in [0, 0.05) is 25.3 Å². The molecule has 1 aliphatic heterocycles. The molecule has 0 saturated carbocycles. The van der Waals surface area contributed by atoms with Crippen molar-refractivity contribution in [3.8, 4) is 0 Å². The molecule has 30 heavy (non-hydrogen) atoms. The lowest BCUT2D eigenvalue weighted by atomic mass is 9.87. The number of carbonyl (C=O) groups excluding carboxylic acids is 1. The van der Waals surface area contributed by atoms with Crippen LogP contribution in [0.2, 0.25) is 0 Å². The summed E-state index contributed by atoms with van der Waals surface area (Å²) in [5.74, 6) is -0.156. The van der Waals surface area contributed by atoms with Gasteiger partial charge in [0.25, 0.3) is 5.91 Å². The molecule has 2 N–H and O–H groups in total. The predicted octanol–water partition coefficient (Wildman–Crippen LogP) is 3.37. The van der Waals surface area contributed by atoms with Crippen LogP contribution < -0.4 is 10.0 Å². The van der Waals surface area contributed by atoms with Crippen molar-refractivity contribution in [2.24, 2.45) is 0 Å². The van der Waals surface area contributed by atoms with Crippen molar-refractivity contribution in [2.75, 3.05) is 13.2 Å². The Morgan fingerprint density at radius 3 is 2.30 bits per heavy atom. The molecule has 0 aliphatic carbocycles. The molecule has 1 heterocycles. The molecule has 3 rings (SSSR count). The maximum absolute atomic E-state index is 12.6. The lowest BCUT2D eigenvalue weighted by molar-refractivity contribution is 0.0858. The summed E-state index contributed by atoms with van der Waals surface area (Å²) in [5, 5.41) is 2.88. The molecule has 7 heteroatoms. The predicted molar refractivity (Wildman–Crippen MR) is 117 cm³/mol. The molecule has 0 unspecified atom stereocenters. The van der Waals surface area contributed by atoms with Crippen molar-refractivity contribution in [1.29, 1.82) is 0 Å². The summed E-state index contributed by atoms with van der Waals surface area (Å²) in [6.45, 7) is 7.67. The first-order valence-corrected chi connectivity index (χ1v) is 11.7. The smallest absolute Gasteiger partial charge is 0.251 e. The number of hydrogen-bond donors (Lipinski definition) is 2. The van der Waals surface area contributed by atoms with Gasteiger partial charge in [-0.1, -0.05) is 45.0 Å². The van der Waals surface area contributed by atoms with Crippen molar-refractivity contribution in [3.63, 3.8) is 0 Å². The molecule has 6 nitrogen and oxygen atoms in total. The summed E-state index contributed by atoms with van der Waals surface area (Å²) in [6, 6.07) is 13.9. The average Bonchev–Trinajstić information content (AvgIpc) is 3.24. The SMILES string of the molecule is CC(C)(C)c1ccc(S(=O)(=O)NCc2ccc(C(=O)NC[C@@H]3CCCO3)cc2)cc1. The number of ether oxygens (including phenoxy) is 1. The summed E-state index contributed by atoms with van der Waals surface area (Å²) in [6.07, 6.45) is 2.10. The van der Waals surface area contributed by atoms with Crippen molar-refractivity contribution in [1.82, 2.24) is 10.0 Å². The van der Waals surface area contributed by atoms with E-state index in [1.807, 2.05) is 12.1 Å². The van der Waals surface area contributed by atoms with Gasteiger partial charge in [0.1, 0.15) is 0 Å². The van der Waals surface area contributed by atoms with Crippen LogP contribution in [0.15, 0.2) is 53.4 Å². The number of benzene rings is 2. The Kier molecular flexibility index (Phi) is 6.95. The number of hydrogen-bond acceptors (Lipinski definition) is 4. The van der Waals surface area contributed by atoms with Crippen LogP contribution in [0.25, 0.3) is 0 Å². The molecule has 1 saturated heterocycles. The third kappa shape index (κ3) is 5.90. The molecular formula is C23H30N2O4S. The number of rotatable bonds is 7. The average molecular weight is 431 g/mol. The van der Waals surface area contributed by atoms with E-state index in [1.54, 1.807) is 36.4 Å². The Hall–Kier alpha value is -2.22. The molecule has 162 valence electrons. The van der Waals surface area contributed by atoms with Crippen LogP contribution in [0, 0.1) is 0 Å². The van der Waals surface area contributed by atoms with Gasteiger partial charge in [-0.15, -0.1) is 0 Å². The molecule has 2 aromatic carbocycles. The highest BCUT2D eigenvalue weighted by atomic mass is 32.2. The monoisotopic (exact) mass is 430 g/mol. The van der Waals surface area contributed by atoms with Crippen LogP contribution >= 0.6 is 0 Å². The van der Waals surface area contributed by atoms with E-state index in [4.69, 9.17) is 4.74 Å². The zero-order valence-corrected chi connectivity index (χ0v) is 18.6. The van der Waals surface area contributed by atoms with Crippen molar-refractivity contribution in [2.45, 2.75) is 56.6 Å². The summed E-state index contributed by atoms with van der Waals surface area (Å²) in [7, 11) is -3.61. The van der Waals surface area contributed by atoms with Gasteiger partial charge in [0.2, 0.25) is 10.0 Å².